The molecule has 0 amide bonds. The Labute approximate surface area is 146 Å². The first-order chi connectivity index (χ1) is 11.3. The van der Waals surface area contributed by atoms with Gasteiger partial charge in [-0.1, -0.05) is 23.7 Å². The van der Waals surface area contributed by atoms with E-state index in [0.29, 0.717) is 17.5 Å². The zero-order valence-electron chi connectivity index (χ0n) is 13.0. The van der Waals surface area contributed by atoms with Crippen LogP contribution in [0.25, 0.3) is 0 Å². The van der Waals surface area contributed by atoms with Crippen molar-refractivity contribution in [3.05, 3.63) is 52.7 Å². The van der Waals surface area contributed by atoms with Crippen molar-refractivity contribution in [2.24, 2.45) is 5.92 Å². The Bertz CT molecular complexity index is 698. The molecule has 0 N–H and O–H groups in total. The average Bonchev–Trinajstić information content (AvgIpc) is 3.46. The van der Waals surface area contributed by atoms with E-state index in [1.807, 2.05) is 30.0 Å². The lowest BCUT2D eigenvalue weighted by Gasteiger charge is -2.10. The summed E-state index contributed by atoms with van der Waals surface area (Å²) in [5, 5.41) is 1.79. The Balaban J connectivity index is 1.37. The second-order valence-electron chi connectivity index (χ2n) is 6.47. The van der Waals surface area contributed by atoms with E-state index in [0.717, 1.165) is 22.4 Å². The number of pyridine rings is 1. The van der Waals surface area contributed by atoms with Crippen LogP contribution in [-0.2, 0) is 6.61 Å². The summed E-state index contributed by atoms with van der Waals surface area (Å²) < 4.78 is 5.87. The molecule has 1 heterocycles. The van der Waals surface area contributed by atoms with Crippen molar-refractivity contribution in [2.75, 3.05) is 5.75 Å². The van der Waals surface area contributed by atoms with Gasteiger partial charge in [0.15, 0.2) is 0 Å². The second-order valence-corrected chi connectivity index (χ2v) is 7.92. The number of aromatic nitrogens is 1. The van der Waals surface area contributed by atoms with Crippen LogP contribution in [0.1, 0.15) is 42.9 Å². The molecular formula is C19H20ClNOS. The number of halogens is 1. The summed E-state index contributed by atoms with van der Waals surface area (Å²) in [5.74, 6) is 3.55. The number of thioether (sulfide) groups is 1. The van der Waals surface area contributed by atoms with Crippen molar-refractivity contribution in [3.8, 4) is 5.75 Å². The molecule has 1 aromatic carbocycles. The van der Waals surface area contributed by atoms with Crippen molar-refractivity contribution in [1.82, 2.24) is 4.98 Å². The van der Waals surface area contributed by atoms with E-state index in [9.17, 15) is 0 Å². The Kier molecular flexibility index (Phi) is 4.50. The van der Waals surface area contributed by atoms with Gasteiger partial charge in [0.2, 0.25) is 0 Å². The maximum Gasteiger partial charge on any atom is 0.138 e. The van der Waals surface area contributed by atoms with Crippen LogP contribution in [0.15, 0.2) is 41.4 Å². The van der Waals surface area contributed by atoms with E-state index < -0.39 is 0 Å². The number of benzene rings is 1. The van der Waals surface area contributed by atoms with E-state index in [4.69, 9.17) is 16.3 Å². The van der Waals surface area contributed by atoms with Gasteiger partial charge in [-0.2, -0.15) is 0 Å². The van der Waals surface area contributed by atoms with E-state index in [-0.39, 0.29) is 0 Å². The van der Waals surface area contributed by atoms with Crippen molar-refractivity contribution < 1.29 is 4.74 Å². The van der Waals surface area contributed by atoms with Crippen molar-refractivity contribution >= 4 is 23.4 Å². The predicted octanol–water partition coefficient (Wildman–Crippen LogP) is 5.69. The van der Waals surface area contributed by atoms with Crippen molar-refractivity contribution in [3.63, 3.8) is 0 Å². The minimum Gasteiger partial charge on any atom is -0.486 e. The summed E-state index contributed by atoms with van der Waals surface area (Å²) in [4.78, 5) is 4.67. The molecule has 23 heavy (non-hydrogen) atoms. The predicted molar refractivity (Wildman–Crippen MR) is 95.4 cm³/mol. The molecule has 0 aliphatic heterocycles. The maximum absolute atomic E-state index is 6.34. The van der Waals surface area contributed by atoms with Crippen LogP contribution >= 0.6 is 23.4 Å². The zero-order valence-corrected chi connectivity index (χ0v) is 14.6. The second kappa shape index (κ2) is 6.74. The van der Waals surface area contributed by atoms with Crippen molar-refractivity contribution in [2.45, 2.75) is 43.2 Å². The van der Waals surface area contributed by atoms with Gasteiger partial charge < -0.3 is 4.74 Å². The minimum atomic E-state index is 0.459. The van der Waals surface area contributed by atoms with Gasteiger partial charge in [0.05, 0.1) is 15.7 Å². The van der Waals surface area contributed by atoms with Crippen molar-refractivity contribution in [1.29, 1.82) is 0 Å². The molecule has 0 atom stereocenters. The molecule has 0 spiro atoms. The fourth-order valence-corrected chi connectivity index (χ4v) is 3.90. The molecule has 2 fully saturated rings. The van der Waals surface area contributed by atoms with Gasteiger partial charge in [0, 0.05) is 5.75 Å². The highest BCUT2D eigenvalue weighted by atomic mass is 35.5. The SMILES string of the molecule is Clc1cc(C2CC2)ccc1OCc1cccc(SCC2CC2)n1. The fraction of sp³-hybridized carbons (Fsp3) is 0.421. The fourth-order valence-electron chi connectivity index (χ4n) is 2.56. The lowest BCUT2D eigenvalue weighted by molar-refractivity contribution is 0.300. The van der Waals surface area contributed by atoms with Gasteiger partial charge in [-0.3, -0.25) is 0 Å². The molecular weight excluding hydrogens is 326 g/mol. The topological polar surface area (TPSA) is 22.1 Å². The number of ether oxygens (including phenoxy) is 1. The third-order valence-electron chi connectivity index (χ3n) is 4.33. The van der Waals surface area contributed by atoms with Gasteiger partial charge in [-0.05, 0) is 67.3 Å². The largest absolute Gasteiger partial charge is 0.486 e. The highest BCUT2D eigenvalue weighted by Gasteiger charge is 2.24. The van der Waals surface area contributed by atoms with E-state index in [1.165, 1.54) is 37.0 Å². The molecule has 2 aliphatic rings. The molecule has 0 bridgehead atoms. The van der Waals surface area contributed by atoms with Crippen LogP contribution in [0.5, 0.6) is 5.75 Å². The van der Waals surface area contributed by atoms with Crippen LogP contribution < -0.4 is 4.74 Å². The Morgan fingerprint density at radius 1 is 1.13 bits per heavy atom. The lowest BCUT2D eigenvalue weighted by Crippen LogP contribution is -2.00. The van der Waals surface area contributed by atoms with Crippen LogP contribution in [-0.4, -0.2) is 10.7 Å². The third-order valence-corrected chi connectivity index (χ3v) is 5.78. The normalized spacial score (nSPS) is 17.3. The first kappa shape index (κ1) is 15.3. The van der Waals surface area contributed by atoms with Gasteiger partial charge in [0.25, 0.3) is 0 Å². The maximum atomic E-state index is 6.34. The van der Waals surface area contributed by atoms with Gasteiger partial charge in [0.1, 0.15) is 12.4 Å². The zero-order chi connectivity index (χ0) is 15.6. The summed E-state index contributed by atoms with van der Waals surface area (Å²) in [7, 11) is 0. The molecule has 2 nitrogen and oxygen atoms in total. The molecule has 120 valence electrons. The molecule has 0 saturated heterocycles. The summed E-state index contributed by atoms with van der Waals surface area (Å²) in [6.07, 6.45) is 5.33. The summed E-state index contributed by atoms with van der Waals surface area (Å²) in [5.41, 5.74) is 2.28. The molecule has 0 unspecified atom stereocenters. The van der Waals surface area contributed by atoms with Crippen LogP contribution in [0.4, 0.5) is 0 Å². The summed E-state index contributed by atoms with van der Waals surface area (Å²) >= 11 is 8.19. The lowest BCUT2D eigenvalue weighted by atomic mass is 10.1. The molecule has 2 aromatic rings. The first-order valence-electron chi connectivity index (χ1n) is 8.29. The Morgan fingerprint density at radius 2 is 2.00 bits per heavy atom. The molecule has 0 radical (unpaired) electrons. The molecule has 2 saturated carbocycles. The minimum absolute atomic E-state index is 0.459. The van der Waals surface area contributed by atoms with Crippen LogP contribution in [0.2, 0.25) is 5.02 Å². The smallest absolute Gasteiger partial charge is 0.138 e. The van der Waals surface area contributed by atoms with Gasteiger partial charge in [-0.15, -0.1) is 11.8 Å². The molecule has 2 aliphatic carbocycles. The standard InChI is InChI=1S/C19H20ClNOS/c20-17-10-15(14-6-7-14)8-9-18(17)22-11-16-2-1-3-19(21-16)23-12-13-4-5-13/h1-3,8-10,13-14H,4-7,11-12H2. The number of rotatable bonds is 7. The highest BCUT2D eigenvalue weighted by Crippen LogP contribution is 2.42. The van der Waals surface area contributed by atoms with E-state index in [1.54, 1.807) is 0 Å². The third kappa shape index (κ3) is 4.21. The summed E-state index contributed by atoms with van der Waals surface area (Å²) in [6, 6.07) is 12.3. The number of hydrogen-bond donors (Lipinski definition) is 0. The van der Waals surface area contributed by atoms with Crippen LogP contribution in [0, 0.1) is 5.92 Å². The average molecular weight is 346 g/mol. The molecule has 4 rings (SSSR count). The number of hydrogen-bond acceptors (Lipinski definition) is 3. The summed E-state index contributed by atoms with van der Waals surface area (Å²) in [6.45, 7) is 0.459. The molecule has 4 heteroatoms. The number of nitrogens with zero attached hydrogens (tertiary/aromatic N) is 1. The first-order valence-corrected chi connectivity index (χ1v) is 9.65. The molecule has 1 aromatic heterocycles. The monoisotopic (exact) mass is 345 g/mol. The van der Waals surface area contributed by atoms with E-state index in [2.05, 4.69) is 23.2 Å². The Morgan fingerprint density at radius 3 is 2.74 bits per heavy atom. The van der Waals surface area contributed by atoms with Gasteiger partial charge >= 0.3 is 0 Å². The van der Waals surface area contributed by atoms with E-state index >= 15 is 0 Å². The highest BCUT2D eigenvalue weighted by molar-refractivity contribution is 7.99. The Hall–Kier alpha value is -1.19. The van der Waals surface area contributed by atoms with Crippen LogP contribution in [0.3, 0.4) is 0 Å². The quantitative estimate of drug-likeness (QED) is 0.601. The van der Waals surface area contributed by atoms with Gasteiger partial charge in [-0.25, -0.2) is 4.98 Å².